The molecule has 0 radical (unpaired) electrons. The van der Waals surface area contributed by atoms with Crippen molar-refractivity contribution in [3.8, 4) is 0 Å². The van der Waals surface area contributed by atoms with E-state index in [0.717, 1.165) is 10.2 Å². The Bertz CT molecular complexity index is 619. The minimum atomic E-state index is -0.385. The molecule has 0 saturated carbocycles. The molecule has 19 heavy (non-hydrogen) atoms. The Morgan fingerprint density at radius 3 is 2.74 bits per heavy atom. The van der Waals surface area contributed by atoms with Crippen molar-refractivity contribution in [2.24, 2.45) is 0 Å². The van der Waals surface area contributed by atoms with Gasteiger partial charge >= 0.3 is 0 Å². The number of nitro groups is 1. The first kappa shape index (κ1) is 13.8. The first-order chi connectivity index (χ1) is 9.08. The summed E-state index contributed by atoms with van der Waals surface area (Å²) < 4.78 is 0.857. The van der Waals surface area contributed by atoms with E-state index in [1.165, 1.54) is 6.07 Å². The Balaban J connectivity index is 2.19. The standard InChI is InChI=1S/C13H10BrClN2O2/c14-11-6-5-10(15)7-12(11)16-8-9-3-1-2-4-13(9)17(18)19/h1-7,16H,8H2. The van der Waals surface area contributed by atoms with E-state index >= 15 is 0 Å². The van der Waals surface area contributed by atoms with Crippen LogP contribution in [0.3, 0.4) is 0 Å². The fourth-order valence-corrected chi connectivity index (χ4v) is 2.22. The van der Waals surface area contributed by atoms with Gasteiger partial charge in [0.1, 0.15) is 0 Å². The number of anilines is 1. The van der Waals surface area contributed by atoms with Crippen LogP contribution < -0.4 is 5.32 Å². The zero-order chi connectivity index (χ0) is 13.8. The maximum absolute atomic E-state index is 10.9. The van der Waals surface area contributed by atoms with Crippen molar-refractivity contribution in [3.63, 3.8) is 0 Å². The maximum atomic E-state index is 10.9. The van der Waals surface area contributed by atoms with Crippen LogP contribution in [0.25, 0.3) is 0 Å². The highest BCUT2D eigenvalue weighted by atomic mass is 79.9. The lowest BCUT2D eigenvalue weighted by molar-refractivity contribution is -0.385. The fourth-order valence-electron chi connectivity index (χ4n) is 1.66. The number of hydrogen-bond acceptors (Lipinski definition) is 3. The van der Waals surface area contributed by atoms with Crippen molar-refractivity contribution < 1.29 is 4.92 Å². The average Bonchev–Trinajstić information content (AvgIpc) is 2.40. The average molecular weight is 342 g/mol. The first-order valence-corrected chi connectivity index (χ1v) is 6.66. The predicted molar refractivity (Wildman–Crippen MR) is 79.6 cm³/mol. The molecule has 2 rings (SSSR count). The molecular formula is C13H10BrClN2O2. The van der Waals surface area contributed by atoms with E-state index in [-0.39, 0.29) is 10.6 Å². The summed E-state index contributed by atoms with van der Waals surface area (Å²) in [5.74, 6) is 0. The van der Waals surface area contributed by atoms with Crippen molar-refractivity contribution in [2.75, 3.05) is 5.32 Å². The van der Waals surface area contributed by atoms with E-state index in [9.17, 15) is 10.1 Å². The molecule has 0 spiro atoms. The lowest BCUT2D eigenvalue weighted by Gasteiger charge is -2.09. The molecule has 0 fully saturated rings. The molecule has 0 aliphatic rings. The van der Waals surface area contributed by atoms with Crippen LogP contribution >= 0.6 is 27.5 Å². The summed E-state index contributed by atoms with van der Waals surface area (Å²) in [4.78, 5) is 10.5. The molecule has 0 unspecified atom stereocenters. The van der Waals surface area contributed by atoms with Crippen molar-refractivity contribution in [2.45, 2.75) is 6.54 Å². The van der Waals surface area contributed by atoms with E-state index in [4.69, 9.17) is 11.6 Å². The van der Waals surface area contributed by atoms with Crippen LogP contribution in [0.15, 0.2) is 46.9 Å². The molecule has 1 N–H and O–H groups in total. The minimum absolute atomic E-state index is 0.105. The van der Waals surface area contributed by atoms with Crippen LogP contribution in [-0.2, 0) is 6.54 Å². The van der Waals surface area contributed by atoms with E-state index in [1.807, 2.05) is 6.07 Å². The van der Waals surface area contributed by atoms with E-state index in [0.29, 0.717) is 17.1 Å². The summed E-state index contributed by atoms with van der Waals surface area (Å²) in [5, 5.41) is 14.6. The number of nitrogens with one attached hydrogen (secondary N) is 1. The fraction of sp³-hybridized carbons (Fsp3) is 0.0769. The summed E-state index contributed by atoms with van der Waals surface area (Å²) in [6.07, 6.45) is 0. The van der Waals surface area contributed by atoms with Gasteiger partial charge in [-0.1, -0.05) is 29.8 Å². The van der Waals surface area contributed by atoms with E-state index in [2.05, 4.69) is 21.2 Å². The third-order valence-corrected chi connectivity index (χ3v) is 3.51. The van der Waals surface area contributed by atoms with Crippen molar-refractivity contribution in [1.29, 1.82) is 0 Å². The molecule has 0 bridgehead atoms. The molecular weight excluding hydrogens is 332 g/mol. The van der Waals surface area contributed by atoms with E-state index < -0.39 is 0 Å². The van der Waals surface area contributed by atoms with Crippen LogP contribution in [0.4, 0.5) is 11.4 Å². The summed E-state index contributed by atoms with van der Waals surface area (Å²) in [7, 11) is 0. The summed E-state index contributed by atoms with van der Waals surface area (Å²) in [6.45, 7) is 0.357. The number of rotatable bonds is 4. The smallest absolute Gasteiger partial charge is 0.274 e. The second kappa shape index (κ2) is 6.04. The zero-order valence-corrected chi connectivity index (χ0v) is 12.1. The molecule has 98 valence electrons. The highest BCUT2D eigenvalue weighted by molar-refractivity contribution is 9.10. The summed E-state index contributed by atoms with van der Waals surface area (Å²) in [5.41, 5.74) is 1.53. The van der Waals surface area contributed by atoms with Gasteiger partial charge in [0.05, 0.1) is 10.6 Å². The van der Waals surface area contributed by atoms with Gasteiger partial charge in [-0.3, -0.25) is 10.1 Å². The number of nitro benzene ring substituents is 1. The number of nitrogens with zero attached hydrogens (tertiary/aromatic N) is 1. The summed E-state index contributed by atoms with van der Waals surface area (Å²) in [6, 6.07) is 12.0. The Hall–Kier alpha value is -1.59. The van der Waals surface area contributed by atoms with Crippen LogP contribution in [0.1, 0.15) is 5.56 Å². The Labute approximate surface area is 123 Å². The van der Waals surface area contributed by atoms with Crippen molar-refractivity contribution in [3.05, 3.63) is 67.6 Å². The molecule has 0 amide bonds. The normalized spacial score (nSPS) is 10.2. The third-order valence-electron chi connectivity index (χ3n) is 2.59. The van der Waals surface area contributed by atoms with Gasteiger partial charge in [-0.2, -0.15) is 0 Å². The minimum Gasteiger partial charge on any atom is -0.380 e. The first-order valence-electron chi connectivity index (χ1n) is 5.49. The lowest BCUT2D eigenvalue weighted by Crippen LogP contribution is -2.03. The van der Waals surface area contributed by atoms with Crippen molar-refractivity contribution in [1.82, 2.24) is 0 Å². The lowest BCUT2D eigenvalue weighted by atomic mass is 10.2. The number of benzene rings is 2. The summed E-state index contributed by atoms with van der Waals surface area (Å²) >= 11 is 9.31. The molecule has 2 aromatic carbocycles. The third kappa shape index (κ3) is 3.45. The number of para-hydroxylation sites is 1. The van der Waals surface area contributed by atoms with Crippen LogP contribution in [-0.4, -0.2) is 4.92 Å². The molecule has 0 saturated heterocycles. The SMILES string of the molecule is O=[N+]([O-])c1ccccc1CNc1cc(Cl)ccc1Br. The monoisotopic (exact) mass is 340 g/mol. The van der Waals surface area contributed by atoms with Gasteiger partial charge in [-0.05, 0) is 34.1 Å². The van der Waals surface area contributed by atoms with E-state index in [1.54, 1.807) is 30.3 Å². The molecule has 4 nitrogen and oxygen atoms in total. The maximum Gasteiger partial charge on any atom is 0.274 e. The Morgan fingerprint density at radius 2 is 2.00 bits per heavy atom. The molecule has 0 heterocycles. The van der Waals surface area contributed by atoms with Crippen LogP contribution in [0.2, 0.25) is 5.02 Å². The molecule has 0 aliphatic carbocycles. The molecule has 2 aromatic rings. The second-order valence-electron chi connectivity index (χ2n) is 3.86. The number of halogens is 2. The molecule has 0 atom stereocenters. The van der Waals surface area contributed by atoms with Crippen LogP contribution in [0.5, 0.6) is 0 Å². The van der Waals surface area contributed by atoms with Gasteiger partial charge in [0.15, 0.2) is 0 Å². The largest absolute Gasteiger partial charge is 0.380 e. The Morgan fingerprint density at radius 1 is 1.26 bits per heavy atom. The predicted octanol–water partition coefficient (Wildman–Crippen LogP) is 4.62. The highest BCUT2D eigenvalue weighted by Gasteiger charge is 2.12. The second-order valence-corrected chi connectivity index (χ2v) is 5.15. The zero-order valence-electron chi connectivity index (χ0n) is 9.77. The topological polar surface area (TPSA) is 55.2 Å². The van der Waals surface area contributed by atoms with Gasteiger partial charge in [-0.25, -0.2) is 0 Å². The van der Waals surface area contributed by atoms with Gasteiger partial charge in [0.25, 0.3) is 5.69 Å². The number of hydrogen-bond donors (Lipinski definition) is 1. The van der Waals surface area contributed by atoms with Crippen LogP contribution in [0, 0.1) is 10.1 Å². The van der Waals surface area contributed by atoms with Gasteiger partial charge < -0.3 is 5.32 Å². The molecule has 6 heteroatoms. The van der Waals surface area contributed by atoms with Gasteiger partial charge in [0, 0.05) is 27.7 Å². The highest BCUT2D eigenvalue weighted by Crippen LogP contribution is 2.27. The van der Waals surface area contributed by atoms with Gasteiger partial charge in [0.2, 0.25) is 0 Å². The Kier molecular flexibility index (Phi) is 4.39. The molecule has 0 aliphatic heterocycles. The van der Waals surface area contributed by atoms with Crippen molar-refractivity contribution >= 4 is 38.9 Å². The molecule has 0 aromatic heterocycles. The van der Waals surface area contributed by atoms with Gasteiger partial charge in [-0.15, -0.1) is 0 Å². The quantitative estimate of drug-likeness (QED) is 0.652.